The van der Waals surface area contributed by atoms with Crippen molar-refractivity contribution in [3.05, 3.63) is 24.3 Å². The molecule has 1 aromatic carbocycles. The van der Waals surface area contributed by atoms with Gasteiger partial charge in [0.25, 0.3) is 0 Å². The fourth-order valence-electron chi connectivity index (χ4n) is 3.12. The zero-order valence-electron chi connectivity index (χ0n) is 15.6. The van der Waals surface area contributed by atoms with Crippen molar-refractivity contribution < 1.29 is 18.0 Å². The molecular weight excluding hydrogens is 354 g/mol. The number of hydrogen-bond donors (Lipinski definition) is 1. The van der Waals surface area contributed by atoms with Crippen LogP contribution in [0.25, 0.3) is 0 Å². The second kappa shape index (κ2) is 8.64. The van der Waals surface area contributed by atoms with E-state index in [-0.39, 0.29) is 22.6 Å². The van der Waals surface area contributed by atoms with Crippen LogP contribution in [0.4, 0.5) is 5.69 Å². The van der Waals surface area contributed by atoms with E-state index < -0.39 is 10.0 Å². The molecule has 144 valence electrons. The molecule has 0 atom stereocenters. The average Bonchev–Trinajstić information content (AvgIpc) is 2.63. The molecule has 26 heavy (non-hydrogen) atoms. The van der Waals surface area contributed by atoms with E-state index in [0.717, 1.165) is 0 Å². The highest BCUT2D eigenvalue weighted by Gasteiger charge is 2.26. The number of nitrogens with one attached hydrogen (secondary N) is 1. The Morgan fingerprint density at radius 3 is 2.12 bits per heavy atom. The van der Waals surface area contributed by atoms with E-state index in [1.807, 2.05) is 0 Å². The van der Waals surface area contributed by atoms with Crippen molar-refractivity contribution in [2.24, 2.45) is 5.92 Å². The van der Waals surface area contributed by atoms with Crippen molar-refractivity contribution >= 4 is 27.5 Å². The summed E-state index contributed by atoms with van der Waals surface area (Å²) in [6, 6.07) is 6.25. The number of carbonyl (C=O) groups excluding carboxylic acids is 2. The molecule has 0 bridgehead atoms. The molecule has 2 rings (SSSR count). The zero-order chi connectivity index (χ0) is 19.3. The van der Waals surface area contributed by atoms with E-state index in [2.05, 4.69) is 5.32 Å². The number of benzene rings is 1. The Morgan fingerprint density at radius 2 is 1.65 bits per heavy atom. The molecule has 8 heteroatoms. The predicted molar refractivity (Wildman–Crippen MR) is 100 cm³/mol. The van der Waals surface area contributed by atoms with Gasteiger partial charge < -0.3 is 10.2 Å². The monoisotopic (exact) mass is 381 g/mol. The second-order valence-corrected chi connectivity index (χ2v) is 8.32. The molecule has 1 N–H and O–H groups in total. The first kappa shape index (κ1) is 20.4. The van der Waals surface area contributed by atoms with Crippen molar-refractivity contribution in [1.29, 1.82) is 0 Å². The van der Waals surface area contributed by atoms with Gasteiger partial charge in [-0.25, -0.2) is 8.42 Å². The quantitative estimate of drug-likeness (QED) is 0.815. The Kier molecular flexibility index (Phi) is 6.77. The third-order valence-corrected chi connectivity index (χ3v) is 6.84. The van der Waals surface area contributed by atoms with E-state index in [1.54, 1.807) is 30.9 Å². The smallest absolute Gasteiger partial charge is 0.243 e. The largest absolute Gasteiger partial charge is 0.343 e. The third-order valence-electron chi connectivity index (χ3n) is 4.78. The molecule has 0 aliphatic carbocycles. The number of piperidine rings is 1. The van der Waals surface area contributed by atoms with Crippen LogP contribution in [0.1, 0.15) is 33.6 Å². The summed E-state index contributed by atoms with van der Waals surface area (Å²) in [7, 11) is -3.50. The first-order valence-corrected chi connectivity index (χ1v) is 10.4. The number of anilines is 1. The van der Waals surface area contributed by atoms with Gasteiger partial charge in [-0.1, -0.05) is 13.8 Å². The number of carbonyl (C=O) groups is 2. The Balaban J connectivity index is 1.99. The van der Waals surface area contributed by atoms with Gasteiger partial charge in [0.15, 0.2) is 0 Å². The molecule has 0 spiro atoms. The highest BCUT2D eigenvalue weighted by molar-refractivity contribution is 7.89. The minimum absolute atomic E-state index is 0.0360. The van der Waals surface area contributed by atoms with E-state index in [0.29, 0.717) is 44.7 Å². The molecule has 0 aromatic heterocycles. The van der Waals surface area contributed by atoms with Gasteiger partial charge in [-0.3, -0.25) is 9.59 Å². The minimum atomic E-state index is -3.50. The standard InChI is InChI=1S/C18H27N3O4S/c1-4-21(5-2)26(24,25)17-8-6-16(7-9-17)19-18(23)15-10-12-20(13-11-15)14(3)22/h6-9,15H,4-5,10-13H2,1-3H3,(H,19,23). The first-order valence-electron chi connectivity index (χ1n) is 8.96. The van der Waals surface area contributed by atoms with E-state index >= 15 is 0 Å². The molecule has 0 radical (unpaired) electrons. The molecule has 1 heterocycles. The van der Waals surface area contributed by atoms with Crippen molar-refractivity contribution in [3.63, 3.8) is 0 Å². The molecule has 0 saturated carbocycles. The van der Waals surface area contributed by atoms with Gasteiger partial charge in [0.05, 0.1) is 4.90 Å². The van der Waals surface area contributed by atoms with E-state index in [4.69, 9.17) is 0 Å². The Labute approximate surface area is 155 Å². The normalized spacial score (nSPS) is 15.9. The minimum Gasteiger partial charge on any atom is -0.343 e. The molecular formula is C18H27N3O4S. The lowest BCUT2D eigenvalue weighted by Gasteiger charge is -2.30. The maximum atomic E-state index is 12.5. The van der Waals surface area contributed by atoms with Crippen molar-refractivity contribution in [3.8, 4) is 0 Å². The fraction of sp³-hybridized carbons (Fsp3) is 0.556. The van der Waals surface area contributed by atoms with Crippen LogP contribution >= 0.6 is 0 Å². The molecule has 2 amide bonds. The Morgan fingerprint density at radius 1 is 1.12 bits per heavy atom. The maximum absolute atomic E-state index is 12.5. The lowest BCUT2D eigenvalue weighted by molar-refractivity contribution is -0.132. The average molecular weight is 381 g/mol. The van der Waals surface area contributed by atoms with E-state index in [9.17, 15) is 18.0 Å². The molecule has 1 saturated heterocycles. The highest BCUT2D eigenvalue weighted by atomic mass is 32.2. The molecule has 1 aromatic rings. The summed E-state index contributed by atoms with van der Waals surface area (Å²) in [6.45, 7) is 7.14. The molecule has 1 aliphatic heterocycles. The maximum Gasteiger partial charge on any atom is 0.243 e. The topological polar surface area (TPSA) is 86.8 Å². The Hall–Kier alpha value is -1.93. The van der Waals surface area contributed by atoms with Gasteiger partial charge >= 0.3 is 0 Å². The highest BCUT2D eigenvalue weighted by Crippen LogP contribution is 2.21. The Bertz CT molecular complexity index is 734. The van der Waals surface area contributed by atoms with Crippen LogP contribution in [0.3, 0.4) is 0 Å². The number of rotatable bonds is 6. The third kappa shape index (κ3) is 4.62. The molecule has 1 fully saturated rings. The van der Waals surface area contributed by atoms with Gasteiger partial charge in [0, 0.05) is 44.7 Å². The number of nitrogens with zero attached hydrogens (tertiary/aromatic N) is 2. The van der Waals surface area contributed by atoms with Crippen LogP contribution in [0, 0.1) is 5.92 Å². The number of hydrogen-bond acceptors (Lipinski definition) is 4. The first-order chi connectivity index (χ1) is 12.3. The zero-order valence-corrected chi connectivity index (χ0v) is 16.4. The predicted octanol–water partition coefficient (Wildman–Crippen LogP) is 1.91. The van der Waals surface area contributed by atoms with Crippen molar-refractivity contribution in [2.45, 2.75) is 38.5 Å². The SMILES string of the molecule is CCN(CC)S(=O)(=O)c1ccc(NC(=O)C2CCN(C(C)=O)CC2)cc1. The van der Waals surface area contributed by atoms with E-state index in [1.165, 1.54) is 23.4 Å². The van der Waals surface area contributed by atoms with Crippen molar-refractivity contribution in [2.75, 3.05) is 31.5 Å². The number of amides is 2. The van der Waals surface area contributed by atoms with Crippen LogP contribution in [-0.4, -0.2) is 55.6 Å². The molecule has 1 aliphatic rings. The summed E-state index contributed by atoms with van der Waals surface area (Å²) < 4.78 is 26.3. The lowest BCUT2D eigenvalue weighted by Crippen LogP contribution is -2.40. The van der Waals surface area contributed by atoms with Crippen LogP contribution < -0.4 is 5.32 Å². The molecule has 0 unspecified atom stereocenters. The number of likely N-dealkylation sites (tertiary alicyclic amines) is 1. The summed E-state index contributed by atoms with van der Waals surface area (Å²) in [5.74, 6) is -0.189. The summed E-state index contributed by atoms with van der Waals surface area (Å²) in [5.41, 5.74) is 0.572. The lowest BCUT2D eigenvalue weighted by atomic mass is 9.96. The summed E-state index contributed by atoms with van der Waals surface area (Å²) in [6.07, 6.45) is 1.28. The van der Waals surface area contributed by atoms with Gasteiger partial charge in [-0.05, 0) is 37.1 Å². The van der Waals surface area contributed by atoms with Crippen LogP contribution in [0.5, 0.6) is 0 Å². The van der Waals surface area contributed by atoms with Gasteiger partial charge in [0.1, 0.15) is 0 Å². The van der Waals surface area contributed by atoms with Gasteiger partial charge in [0.2, 0.25) is 21.8 Å². The fourth-order valence-corrected chi connectivity index (χ4v) is 4.58. The van der Waals surface area contributed by atoms with Crippen LogP contribution in [-0.2, 0) is 19.6 Å². The summed E-state index contributed by atoms with van der Waals surface area (Å²) in [5, 5.41) is 2.84. The summed E-state index contributed by atoms with van der Waals surface area (Å²) >= 11 is 0. The van der Waals surface area contributed by atoms with Crippen molar-refractivity contribution in [1.82, 2.24) is 9.21 Å². The van der Waals surface area contributed by atoms with Crippen LogP contribution in [0.15, 0.2) is 29.2 Å². The second-order valence-electron chi connectivity index (χ2n) is 6.38. The molecule has 7 nitrogen and oxygen atoms in total. The number of sulfonamides is 1. The van der Waals surface area contributed by atoms with Gasteiger partial charge in [-0.2, -0.15) is 4.31 Å². The van der Waals surface area contributed by atoms with Crippen LogP contribution in [0.2, 0.25) is 0 Å². The van der Waals surface area contributed by atoms with Gasteiger partial charge in [-0.15, -0.1) is 0 Å². The summed E-state index contributed by atoms with van der Waals surface area (Å²) in [4.78, 5) is 25.7.